The van der Waals surface area contributed by atoms with Crippen LogP contribution in [0.5, 0.6) is 0 Å². The Balaban J connectivity index is 2.42. The summed E-state index contributed by atoms with van der Waals surface area (Å²) in [4.78, 5) is 22.9. The molecule has 20 heavy (non-hydrogen) atoms. The van der Waals surface area contributed by atoms with E-state index in [9.17, 15) is 9.59 Å². The summed E-state index contributed by atoms with van der Waals surface area (Å²) in [6.07, 6.45) is 2.88. The second-order valence-corrected chi connectivity index (χ2v) is 5.19. The molecule has 0 amide bonds. The molecule has 1 aromatic rings. The number of rotatable bonds is 3. The first kappa shape index (κ1) is 14.6. The number of esters is 2. The highest BCUT2D eigenvalue weighted by Gasteiger charge is 2.47. The molecule has 0 radical (unpaired) electrons. The van der Waals surface area contributed by atoms with Gasteiger partial charge in [0.2, 0.25) is 0 Å². The van der Waals surface area contributed by atoms with Crippen LogP contribution in [0.25, 0.3) is 0 Å². The van der Waals surface area contributed by atoms with Gasteiger partial charge in [0, 0.05) is 13.8 Å². The molecule has 1 fully saturated rings. The molecule has 2 rings (SSSR count). The summed E-state index contributed by atoms with van der Waals surface area (Å²) in [5.74, 6) is -0.697. The summed E-state index contributed by atoms with van der Waals surface area (Å²) in [6, 6.07) is 9.56. The van der Waals surface area contributed by atoms with Crippen LogP contribution < -0.4 is 0 Å². The Labute approximate surface area is 119 Å². The smallest absolute Gasteiger partial charge is 0.303 e. The van der Waals surface area contributed by atoms with Gasteiger partial charge in [0.25, 0.3) is 0 Å². The van der Waals surface area contributed by atoms with E-state index in [0.29, 0.717) is 12.8 Å². The van der Waals surface area contributed by atoms with E-state index >= 15 is 0 Å². The van der Waals surface area contributed by atoms with E-state index in [1.165, 1.54) is 13.8 Å². The molecule has 0 bridgehead atoms. The quantitative estimate of drug-likeness (QED) is 0.796. The third kappa shape index (κ3) is 3.00. The molecule has 1 aromatic carbocycles. The van der Waals surface area contributed by atoms with Gasteiger partial charge in [0.05, 0.1) is 0 Å². The predicted octanol–water partition coefficient (Wildman–Crippen LogP) is 2.95. The summed E-state index contributed by atoms with van der Waals surface area (Å²) in [5, 5.41) is 0. The molecule has 2 unspecified atom stereocenters. The maximum Gasteiger partial charge on any atom is 0.303 e. The second kappa shape index (κ2) is 6.07. The number of ether oxygens (including phenoxy) is 2. The van der Waals surface area contributed by atoms with Crippen molar-refractivity contribution in [1.29, 1.82) is 0 Å². The first-order valence-electron chi connectivity index (χ1n) is 6.97. The molecular formula is C16H20O4. The summed E-state index contributed by atoms with van der Waals surface area (Å²) < 4.78 is 11.1. The highest BCUT2D eigenvalue weighted by atomic mass is 16.6. The molecule has 2 atom stereocenters. The topological polar surface area (TPSA) is 52.6 Å². The maximum absolute atomic E-state index is 11.6. The van der Waals surface area contributed by atoms with Crippen LogP contribution in [0.4, 0.5) is 0 Å². The van der Waals surface area contributed by atoms with E-state index in [1.807, 2.05) is 30.3 Å². The van der Waals surface area contributed by atoms with Crippen molar-refractivity contribution in [2.45, 2.75) is 51.2 Å². The fourth-order valence-corrected chi connectivity index (χ4v) is 2.95. The third-order valence-corrected chi connectivity index (χ3v) is 3.68. The third-order valence-electron chi connectivity index (χ3n) is 3.68. The van der Waals surface area contributed by atoms with Gasteiger partial charge in [-0.2, -0.15) is 0 Å². The Hall–Kier alpha value is -1.84. The summed E-state index contributed by atoms with van der Waals surface area (Å²) in [7, 11) is 0. The van der Waals surface area contributed by atoms with Gasteiger partial charge in [-0.25, -0.2) is 0 Å². The molecular weight excluding hydrogens is 256 g/mol. The Kier molecular flexibility index (Phi) is 4.42. The monoisotopic (exact) mass is 276 g/mol. The van der Waals surface area contributed by atoms with Crippen molar-refractivity contribution in [1.82, 2.24) is 0 Å². The molecule has 4 nitrogen and oxygen atoms in total. The lowest BCUT2D eigenvalue weighted by atomic mass is 9.77. The van der Waals surface area contributed by atoms with Crippen molar-refractivity contribution in [3.63, 3.8) is 0 Å². The van der Waals surface area contributed by atoms with Gasteiger partial charge in [-0.15, -0.1) is 0 Å². The number of benzene rings is 1. The normalized spacial score (nSPS) is 25.8. The molecule has 0 aromatic heterocycles. The van der Waals surface area contributed by atoms with Crippen LogP contribution in [0.3, 0.4) is 0 Å². The van der Waals surface area contributed by atoms with Crippen LogP contribution in [0.15, 0.2) is 30.3 Å². The summed E-state index contributed by atoms with van der Waals surface area (Å²) in [6.45, 7) is 2.78. The van der Waals surface area contributed by atoms with E-state index in [2.05, 4.69) is 0 Å². The zero-order valence-corrected chi connectivity index (χ0v) is 11.9. The first-order valence-corrected chi connectivity index (χ1v) is 6.97. The highest BCUT2D eigenvalue weighted by molar-refractivity contribution is 5.68. The molecule has 1 aliphatic rings. The fraction of sp³-hybridized carbons (Fsp3) is 0.500. The Morgan fingerprint density at radius 1 is 1.10 bits per heavy atom. The summed E-state index contributed by atoms with van der Waals surface area (Å²) in [5.41, 5.74) is 0.0398. The van der Waals surface area contributed by atoms with Gasteiger partial charge in [0.1, 0.15) is 6.10 Å². The van der Waals surface area contributed by atoms with Crippen molar-refractivity contribution in [2.75, 3.05) is 0 Å². The molecule has 0 saturated heterocycles. The molecule has 108 valence electrons. The van der Waals surface area contributed by atoms with Gasteiger partial charge < -0.3 is 9.47 Å². The van der Waals surface area contributed by atoms with Crippen molar-refractivity contribution < 1.29 is 19.1 Å². The molecule has 4 heteroatoms. The number of hydrogen-bond acceptors (Lipinski definition) is 4. The van der Waals surface area contributed by atoms with Crippen LogP contribution in [0, 0.1) is 0 Å². The molecule has 0 heterocycles. The van der Waals surface area contributed by atoms with Crippen LogP contribution >= 0.6 is 0 Å². The van der Waals surface area contributed by atoms with Gasteiger partial charge in [-0.3, -0.25) is 9.59 Å². The maximum atomic E-state index is 11.6. The van der Waals surface area contributed by atoms with Gasteiger partial charge in [0.15, 0.2) is 5.60 Å². The minimum absolute atomic E-state index is 0.343. The van der Waals surface area contributed by atoms with E-state index in [0.717, 1.165) is 18.4 Å². The van der Waals surface area contributed by atoms with Crippen molar-refractivity contribution in [3.8, 4) is 0 Å². The largest absolute Gasteiger partial charge is 0.458 e. The highest BCUT2D eigenvalue weighted by Crippen LogP contribution is 2.42. The molecule has 0 N–H and O–H groups in total. The van der Waals surface area contributed by atoms with E-state index in [1.54, 1.807) is 0 Å². The van der Waals surface area contributed by atoms with Gasteiger partial charge in [-0.1, -0.05) is 30.3 Å². The van der Waals surface area contributed by atoms with Crippen molar-refractivity contribution in [3.05, 3.63) is 35.9 Å². The molecule has 1 aliphatic carbocycles. The van der Waals surface area contributed by atoms with Crippen LogP contribution in [-0.2, 0) is 24.7 Å². The predicted molar refractivity (Wildman–Crippen MR) is 73.9 cm³/mol. The number of carbonyl (C=O) groups excluding carboxylic acids is 2. The average molecular weight is 276 g/mol. The first-order chi connectivity index (χ1) is 9.54. The second-order valence-electron chi connectivity index (χ2n) is 5.19. The fourth-order valence-electron chi connectivity index (χ4n) is 2.95. The van der Waals surface area contributed by atoms with Crippen LogP contribution in [-0.4, -0.2) is 18.0 Å². The SMILES string of the molecule is CC(=O)OC1CCCCC1(OC(C)=O)c1ccccc1. The molecule has 0 aliphatic heterocycles. The Bertz CT molecular complexity index is 483. The van der Waals surface area contributed by atoms with Gasteiger partial charge >= 0.3 is 11.9 Å². The average Bonchev–Trinajstić information content (AvgIpc) is 2.41. The van der Waals surface area contributed by atoms with Crippen LogP contribution in [0.2, 0.25) is 0 Å². The lowest BCUT2D eigenvalue weighted by Gasteiger charge is -2.42. The Morgan fingerprint density at radius 3 is 2.40 bits per heavy atom. The zero-order valence-electron chi connectivity index (χ0n) is 11.9. The lowest BCUT2D eigenvalue weighted by molar-refractivity contribution is -0.194. The number of hydrogen-bond donors (Lipinski definition) is 0. The van der Waals surface area contributed by atoms with Crippen molar-refractivity contribution in [2.24, 2.45) is 0 Å². The molecule has 1 saturated carbocycles. The Morgan fingerprint density at radius 2 is 1.80 bits per heavy atom. The van der Waals surface area contributed by atoms with E-state index < -0.39 is 11.7 Å². The summed E-state index contributed by atoms with van der Waals surface area (Å²) >= 11 is 0. The minimum Gasteiger partial charge on any atom is -0.458 e. The van der Waals surface area contributed by atoms with Crippen molar-refractivity contribution >= 4 is 11.9 Å². The number of carbonyl (C=O) groups is 2. The van der Waals surface area contributed by atoms with E-state index in [-0.39, 0.29) is 11.9 Å². The lowest BCUT2D eigenvalue weighted by Crippen LogP contribution is -2.47. The zero-order chi connectivity index (χ0) is 14.6. The standard InChI is InChI=1S/C16H20O4/c1-12(17)19-15-10-6-7-11-16(15,20-13(2)18)14-8-4-3-5-9-14/h3-5,8-9,15H,6-7,10-11H2,1-2H3. The van der Waals surface area contributed by atoms with Crippen LogP contribution in [0.1, 0.15) is 45.1 Å². The van der Waals surface area contributed by atoms with E-state index in [4.69, 9.17) is 9.47 Å². The van der Waals surface area contributed by atoms with Gasteiger partial charge in [-0.05, 0) is 31.2 Å². The minimum atomic E-state index is -0.850. The molecule has 0 spiro atoms.